The van der Waals surface area contributed by atoms with Gasteiger partial charge in [-0.15, -0.1) is 0 Å². The summed E-state index contributed by atoms with van der Waals surface area (Å²) in [5, 5.41) is 12.8. The third kappa shape index (κ3) is 6.29. The molecule has 0 heterocycles. The third-order valence-electron chi connectivity index (χ3n) is 3.05. The third-order valence-corrected chi connectivity index (χ3v) is 4.49. The van der Waals surface area contributed by atoms with Crippen LogP contribution >= 0.6 is 27.7 Å². The smallest absolute Gasteiger partial charge is 0.220 e. The summed E-state index contributed by atoms with van der Waals surface area (Å²) in [6.45, 7) is 4.06. The van der Waals surface area contributed by atoms with Crippen molar-refractivity contribution in [2.24, 2.45) is 0 Å². The summed E-state index contributed by atoms with van der Waals surface area (Å²) in [4.78, 5) is 11.9. The fraction of sp³-hybridized carbons (Fsp3) is 0.533. The first kappa shape index (κ1) is 17.5. The summed E-state index contributed by atoms with van der Waals surface area (Å²) < 4.78 is 1.03. The Hall–Kier alpha value is -0.520. The van der Waals surface area contributed by atoms with Crippen LogP contribution in [0.5, 0.6) is 0 Å². The Kier molecular flexibility index (Phi) is 7.06. The van der Waals surface area contributed by atoms with Gasteiger partial charge in [-0.2, -0.15) is 11.8 Å². The number of hydrogen-bond donors (Lipinski definition) is 2. The lowest BCUT2D eigenvalue weighted by molar-refractivity contribution is -0.122. The molecule has 1 amide bonds. The first-order chi connectivity index (χ1) is 9.34. The van der Waals surface area contributed by atoms with Crippen LogP contribution in [0.1, 0.15) is 31.7 Å². The Morgan fingerprint density at radius 1 is 1.45 bits per heavy atom. The highest BCUT2D eigenvalue weighted by molar-refractivity contribution is 9.10. The maximum Gasteiger partial charge on any atom is 0.220 e. The van der Waals surface area contributed by atoms with E-state index in [0.29, 0.717) is 18.7 Å². The largest absolute Gasteiger partial charge is 0.387 e. The molecule has 0 saturated heterocycles. The number of carbonyl (C=O) groups is 1. The minimum Gasteiger partial charge on any atom is -0.387 e. The van der Waals surface area contributed by atoms with Crippen LogP contribution in [0.25, 0.3) is 0 Å². The van der Waals surface area contributed by atoms with Gasteiger partial charge in [0.05, 0.1) is 5.60 Å². The number of rotatable bonds is 7. The lowest BCUT2D eigenvalue weighted by Crippen LogP contribution is -2.42. The Balaban J connectivity index is 2.44. The van der Waals surface area contributed by atoms with E-state index in [-0.39, 0.29) is 11.8 Å². The second kappa shape index (κ2) is 8.05. The van der Waals surface area contributed by atoms with Crippen LogP contribution in [0.15, 0.2) is 28.7 Å². The molecule has 0 aliphatic heterocycles. The molecule has 1 aromatic carbocycles. The molecule has 2 N–H and O–H groups in total. The van der Waals surface area contributed by atoms with E-state index in [0.717, 1.165) is 10.0 Å². The summed E-state index contributed by atoms with van der Waals surface area (Å²) in [6, 6.07) is 8.00. The lowest BCUT2D eigenvalue weighted by Gasteiger charge is -2.23. The molecule has 1 aromatic rings. The van der Waals surface area contributed by atoms with Gasteiger partial charge in [-0.1, -0.05) is 35.0 Å². The van der Waals surface area contributed by atoms with Crippen LogP contribution in [0.3, 0.4) is 0 Å². The molecule has 0 saturated carbocycles. The molecular weight excluding hydrogens is 338 g/mol. The van der Waals surface area contributed by atoms with Gasteiger partial charge < -0.3 is 10.4 Å². The predicted molar refractivity (Wildman–Crippen MR) is 89.2 cm³/mol. The van der Waals surface area contributed by atoms with E-state index in [9.17, 15) is 9.90 Å². The maximum atomic E-state index is 11.9. The number of thioether (sulfide) groups is 1. The van der Waals surface area contributed by atoms with E-state index in [4.69, 9.17) is 0 Å². The number of nitrogens with one attached hydrogen (secondary N) is 1. The summed E-state index contributed by atoms with van der Waals surface area (Å²) in [6.07, 6.45) is 2.36. The average Bonchev–Trinajstić information content (AvgIpc) is 2.37. The van der Waals surface area contributed by atoms with Gasteiger partial charge in [0.1, 0.15) is 0 Å². The molecule has 0 bridgehead atoms. The summed E-state index contributed by atoms with van der Waals surface area (Å²) >= 11 is 4.96. The van der Waals surface area contributed by atoms with Crippen LogP contribution in [0.2, 0.25) is 0 Å². The molecule has 3 nitrogen and oxygen atoms in total. The minimum absolute atomic E-state index is 0.0261. The zero-order chi connectivity index (χ0) is 15.2. The van der Waals surface area contributed by atoms with Crippen molar-refractivity contribution < 1.29 is 9.90 Å². The van der Waals surface area contributed by atoms with Crippen molar-refractivity contribution in [3.8, 4) is 0 Å². The van der Waals surface area contributed by atoms with Crippen molar-refractivity contribution >= 4 is 33.6 Å². The lowest BCUT2D eigenvalue weighted by atomic mass is 9.97. The quantitative estimate of drug-likeness (QED) is 0.785. The molecule has 20 heavy (non-hydrogen) atoms. The van der Waals surface area contributed by atoms with Crippen LogP contribution in [0, 0.1) is 0 Å². The van der Waals surface area contributed by atoms with Crippen LogP contribution in [-0.4, -0.2) is 35.2 Å². The standard InChI is InChI=1S/C15H22BrNO2S/c1-11(12-4-6-13(16)7-5-12)8-14(18)17-9-15(2,19)10-20-3/h4-7,11,19H,8-10H2,1-3H3,(H,17,18). The van der Waals surface area contributed by atoms with Gasteiger partial charge >= 0.3 is 0 Å². The second-order valence-corrected chi connectivity index (χ2v) is 7.15. The summed E-state index contributed by atoms with van der Waals surface area (Å²) in [5.41, 5.74) is 0.287. The normalized spacial score (nSPS) is 15.4. The van der Waals surface area contributed by atoms with Gasteiger partial charge in [-0.3, -0.25) is 4.79 Å². The molecule has 2 unspecified atom stereocenters. The summed E-state index contributed by atoms with van der Waals surface area (Å²) in [5.74, 6) is 0.741. The van der Waals surface area contributed by atoms with E-state index < -0.39 is 5.60 Å². The van der Waals surface area contributed by atoms with Crippen LogP contribution in [-0.2, 0) is 4.79 Å². The number of carbonyl (C=O) groups excluding carboxylic acids is 1. The number of aliphatic hydroxyl groups is 1. The highest BCUT2D eigenvalue weighted by Gasteiger charge is 2.21. The van der Waals surface area contributed by atoms with Crippen molar-refractivity contribution in [1.82, 2.24) is 5.32 Å². The zero-order valence-electron chi connectivity index (χ0n) is 12.1. The maximum absolute atomic E-state index is 11.9. The molecular formula is C15H22BrNO2S. The van der Waals surface area contributed by atoms with Crippen molar-refractivity contribution in [2.75, 3.05) is 18.6 Å². The number of benzene rings is 1. The molecule has 5 heteroatoms. The number of hydrogen-bond acceptors (Lipinski definition) is 3. The van der Waals surface area contributed by atoms with Gasteiger partial charge in [0.2, 0.25) is 5.91 Å². The number of amides is 1. The zero-order valence-corrected chi connectivity index (χ0v) is 14.6. The Morgan fingerprint density at radius 2 is 2.05 bits per heavy atom. The Morgan fingerprint density at radius 3 is 2.60 bits per heavy atom. The molecule has 0 aromatic heterocycles. The Bertz CT molecular complexity index is 434. The topological polar surface area (TPSA) is 49.3 Å². The van der Waals surface area contributed by atoms with Crippen LogP contribution in [0.4, 0.5) is 0 Å². The summed E-state index contributed by atoms with van der Waals surface area (Å²) in [7, 11) is 0. The van der Waals surface area contributed by atoms with E-state index in [1.54, 1.807) is 18.7 Å². The average molecular weight is 360 g/mol. The molecule has 0 fully saturated rings. The van der Waals surface area contributed by atoms with Gasteiger partial charge in [0.15, 0.2) is 0 Å². The van der Waals surface area contributed by atoms with Gasteiger partial charge in [-0.25, -0.2) is 0 Å². The molecule has 0 spiro atoms. The van der Waals surface area contributed by atoms with E-state index in [1.807, 2.05) is 37.4 Å². The molecule has 2 atom stereocenters. The van der Waals surface area contributed by atoms with E-state index in [1.165, 1.54) is 0 Å². The first-order valence-corrected chi connectivity index (χ1v) is 8.76. The predicted octanol–water partition coefficient (Wildman–Crippen LogP) is 3.17. The number of halogens is 1. The SMILES string of the molecule is CSCC(C)(O)CNC(=O)CC(C)c1ccc(Br)cc1. The Labute approximate surface area is 133 Å². The van der Waals surface area contributed by atoms with Crippen molar-refractivity contribution in [3.05, 3.63) is 34.3 Å². The fourth-order valence-electron chi connectivity index (χ4n) is 1.91. The monoisotopic (exact) mass is 359 g/mol. The van der Waals surface area contributed by atoms with Gasteiger partial charge in [0, 0.05) is 23.2 Å². The molecule has 1 rings (SSSR count). The molecule has 0 aliphatic rings. The van der Waals surface area contributed by atoms with E-state index in [2.05, 4.69) is 21.2 Å². The molecule has 112 valence electrons. The fourth-order valence-corrected chi connectivity index (χ4v) is 2.90. The van der Waals surface area contributed by atoms with Crippen molar-refractivity contribution in [3.63, 3.8) is 0 Å². The second-order valence-electron chi connectivity index (χ2n) is 5.36. The van der Waals surface area contributed by atoms with Gasteiger partial charge in [-0.05, 0) is 36.8 Å². The van der Waals surface area contributed by atoms with E-state index >= 15 is 0 Å². The highest BCUT2D eigenvalue weighted by Crippen LogP contribution is 2.21. The van der Waals surface area contributed by atoms with Crippen molar-refractivity contribution in [2.45, 2.75) is 31.8 Å². The minimum atomic E-state index is -0.851. The molecule has 0 radical (unpaired) electrons. The first-order valence-electron chi connectivity index (χ1n) is 6.57. The molecule has 0 aliphatic carbocycles. The van der Waals surface area contributed by atoms with Crippen molar-refractivity contribution in [1.29, 1.82) is 0 Å². The highest BCUT2D eigenvalue weighted by atomic mass is 79.9. The van der Waals surface area contributed by atoms with Gasteiger partial charge in [0.25, 0.3) is 0 Å². The van der Waals surface area contributed by atoms with Crippen LogP contribution < -0.4 is 5.32 Å².